The molecule has 1 unspecified atom stereocenters. The molecule has 0 saturated heterocycles. The molecular formula is C22H24ClN5O2. The zero-order valence-corrected chi connectivity index (χ0v) is 18.0. The minimum absolute atomic E-state index is 0.0654. The Balaban J connectivity index is 1.91. The Labute approximate surface area is 180 Å². The molecule has 1 N–H and O–H groups in total. The predicted molar refractivity (Wildman–Crippen MR) is 116 cm³/mol. The summed E-state index contributed by atoms with van der Waals surface area (Å²) < 4.78 is 1.81. The summed E-state index contributed by atoms with van der Waals surface area (Å²) in [5, 5.41) is 7.97. The third kappa shape index (κ3) is 3.65. The molecule has 0 aliphatic carbocycles. The van der Waals surface area contributed by atoms with Crippen molar-refractivity contribution in [1.29, 1.82) is 0 Å². The van der Waals surface area contributed by atoms with E-state index in [0.717, 1.165) is 28.1 Å². The van der Waals surface area contributed by atoms with E-state index < -0.39 is 6.04 Å². The number of hydrogen-bond acceptors (Lipinski definition) is 4. The fraction of sp³-hybridized carbons (Fsp3) is 0.364. The van der Waals surface area contributed by atoms with Crippen molar-refractivity contribution in [3.05, 3.63) is 64.0 Å². The second-order valence-corrected chi connectivity index (χ2v) is 8.08. The van der Waals surface area contributed by atoms with Crippen LogP contribution < -0.4 is 5.32 Å². The van der Waals surface area contributed by atoms with Crippen molar-refractivity contribution in [2.75, 3.05) is 20.1 Å². The summed E-state index contributed by atoms with van der Waals surface area (Å²) in [7, 11) is 3.67. The van der Waals surface area contributed by atoms with Gasteiger partial charge in [0.15, 0.2) is 0 Å². The van der Waals surface area contributed by atoms with E-state index in [1.54, 1.807) is 18.0 Å². The summed E-state index contributed by atoms with van der Waals surface area (Å²) in [5.74, 6) is -0.223. The SMILES string of the molecule is CCNC(=O)C[C@@H]1N=C(c2ccc(Cl)cc2)c2c(cnn2C)C2CN(C)C(=O)C=C21. The lowest BCUT2D eigenvalue weighted by molar-refractivity contribution is -0.126. The van der Waals surface area contributed by atoms with Crippen LogP contribution in [-0.4, -0.2) is 58.4 Å². The van der Waals surface area contributed by atoms with Gasteiger partial charge in [-0.3, -0.25) is 19.3 Å². The van der Waals surface area contributed by atoms with E-state index >= 15 is 0 Å². The van der Waals surface area contributed by atoms with Gasteiger partial charge in [0.1, 0.15) is 0 Å². The number of hydrogen-bond donors (Lipinski definition) is 1. The standard InChI is InChI=1S/C22H24ClN5O2/c1-4-24-19(29)10-18-15-9-20(30)27(2)12-17(15)16-11-25-28(3)22(16)21(26-18)13-5-7-14(23)8-6-13/h5-9,11,17-18H,4,10,12H2,1-3H3,(H,24,29)/t17?,18-/m0/s1. The number of nitrogens with zero attached hydrogens (tertiary/aromatic N) is 4. The molecule has 0 radical (unpaired) electrons. The van der Waals surface area contributed by atoms with Gasteiger partial charge in [0.05, 0.1) is 30.1 Å². The fourth-order valence-electron chi connectivity index (χ4n) is 4.15. The Morgan fingerprint density at radius 3 is 2.70 bits per heavy atom. The number of nitrogens with one attached hydrogen (secondary N) is 1. The number of carbonyl (C=O) groups excluding carboxylic acids is 2. The van der Waals surface area contributed by atoms with Crippen LogP contribution in [0.5, 0.6) is 0 Å². The van der Waals surface area contributed by atoms with Crippen molar-refractivity contribution >= 4 is 29.1 Å². The molecular weight excluding hydrogens is 402 g/mol. The van der Waals surface area contributed by atoms with Gasteiger partial charge in [-0.1, -0.05) is 23.7 Å². The van der Waals surface area contributed by atoms with E-state index in [9.17, 15) is 9.59 Å². The van der Waals surface area contributed by atoms with Crippen molar-refractivity contribution in [3.63, 3.8) is 0 Å². The van der Waals surface area contributed by atoms with E-state index in [4.69, 9.17) is 16.6 Å². The summed E-state index contributed by atoms with van der Waals surface area (Å²) >= 11 is 6.09. The number of aryl methyl sites for hydroxylation is 1. The zero-order chi connectivity index (χ0) is 21.4. The molecule has 4 rings (SSSR count). The molecule has 2 aromatic rings. The number of fused-ring (bicyclic) bond motifs is 3. The smallest absolute Gasteiger partial charge is 0.246 e. The monoisotopic (exact) mass is 425 g/mol. The van der Waals surface area contributed by atoms with Gasteiger partial charge in [0.2, 0.25) is 11.8 Å². The van der Waals surface area contributed by atoms with E-state index in [-0.39, 0.29) is 24.2 Å². The Morgan fingerprint density at radius 2 is 2.00 bits per heavy atom. The summed E-state index contributed by atoms with van der Waals surface area (Å²) in [6, 6.07) is 7.05. The Hall–Kier alpha value is -2.93. The van der Waals surface area contributed by atoms with Crippen LogP contribution in [-0.2, 0) is 16.6 Å². The number of rotatable bonds is 4. The second kappa shape index (κ2) is 8.07. The third-order valence-corrected chi connectivity index (χ3v) is 5.88. The van der Waals surface area contributed by atoms with E-state index in [1.807, 2.05) is 49.1 Å². The topological polar surface area (TPSA) is 79.6 Å². The normalized spacial score (nSPS) is 20.7. The third-order valence-electron chi connectivity index (χ3n) is 5.63. The molecule has 2 aliphatic heterocycles. The van der Waals surface area contributed by atoms with Crippen LogP contribution in [0.2, 0.25) is 5.02 Å². The molecule has 0 bridgehead atoms. The molecule has 0 saturated carbocycles. The van der Waals surface area contributed by atoms with Crippen LogP contribution in [0.15, 0.2) is 47.1 Å². The molecule has 1 aromatic heterocycles. The highest BCUT2D eigenvalue weighted by atomic mass is 35.5. The van der Waals surface area contributed by atoms with Gasteiger partial charge >= 0.3 is 0 Å². The molecule has 30 heavy (non-hydrogen) atoms. The van der Waals surface area contributed by atoms with Crippen LogP contribution >= 0.6 is 11.6 Å². The highest BCUT2D eigenvalue weighted by molar-refractivity contribution is 6.30. The summed E-state index contributed by atoms with van der Waals surface area (Å²) in [4.78, 5) is 31.7. The lowest BCUT2D eigenvalue weighted by Gasteiger charge is -2.31. The number of aliphatic imine (C=N–C) groups is 1. The van der Waals surface area contributed by atoms with Gasteiger partial charge in [-0.05, 0) is 24.6 Å². The first-order chi connectivity index (χ1) is 14.4. The number of benzene rings is 1. The highest BCUT2D eigenvalue weighted by Crippen LogP contribution is 2.38. The lowest BCUT2D eigenvalue weighted by Crippen LogP contribution is -2.38. The quantitative estimate of drug-likeness (QED) is 0.816. The molecule has 3 heterocycles. The summed E-state index contributed by atoms with van der Waals surface area (Å²) in [5.41, 5.74) is 4.41. The first kappa shape index (κ1) is 20.3. The maximum Gasteiger partial charge on any atom is 0.246 e. The van der Waals surface area contributed by atoms with Gasteiger partial charge in [-0.25, -0.2) is 0 Å². The molecule has 2 amide bonds. The molecule has 8 heteroatoms. The summed E-state index contributed by atoms with van der Waals surface area (Å²) in [6.07, 6.45) is 3.67. The maximum atomic E-state index is 12.5. The number of amides is 2. The van der Waals surface area contributed by atoms with Gasteiger partial charge in [-0.15, -0.1) is 0 Å². The Morgan fingerprint density at radius 1 is 1.27 bits per heavy atom. The average molecular weight is 426 g/mol. The Bertz CT molecular complexity index is 1050. The van der Waals surface area contributed by atoms with Gasteiger partial charge in [0.25, 0.3) is 0 Å². The largest absolute Gasteiger partial charge is 0.356 e. The van der Waals surface area contributed by atoms with Crippen LogP contribution in [0.4, 0.5) is 0 Å². The molecule has 0 spiro atoms. The fourth-order valence-corrected chi connectivity index (χ4v) is 4.27. The van der Waals surface area contributed by atoms with Crippen molar-refractivity contribution < 1.29 is 9.59 Å². The number of halogens is 1. The average Bonchev–Trinajstić information content (AvgIpc) is 3.03. The summed E-state index contributed by atoms with van der Waals surface area (Å²) in [6.45, 7) is 2.96. The first-order valence-corrected chi connectivity index (χ1v) is 10.4. The second-order valence-electron chi connectivity index (χ2n) is 7.65. The molecule has 0 fully saturated rings. The number of carbonyl (C=O) groups is 2. The van der Waals surface area contributed by atoms with Crippen molar-refractivity contribution in [2.24, 2.45) is 12.0 Å². The molecule has 156 valence electrons. The highest BCUT2D eigenvalue weighted by Gasteiger charge is 2.38. The van der Waals surface area contributed by atoms with Crippen LogP contribution in [0.1, 0.15) is 36.1 Å². The van der Waals surface area contributed by atoms with Crippen molar-refractivity contribution in [2.45, 2.75) is 25.3 Å². The van der Waals surface area contributed by atoms with Gasteiger partial charge in [-0.2, -0.15) is 5.10 Å². The van der Waals surface area contributed by atoms with Crippen molar-refractivity contribution in [3.8, 4) is 0 Å². The van der Waals surface area contributed by atoms with Crippen LogP contribution in [0.25, 0.3) is 0 Å². The minimum atomic E-state index is -0.433. The number of aromatic nitrogens is 2. The maximum absolute atomic E-state index is 12.5. The van der Waals surface area contributed by atoms with Gasteiger partial charge < -0.3 is 10.2 Å². The van der Waals surface area contributed by atoms with E-state index in [2.05, 4.69) is 10.4 Å². The Kier molecular flexibility index (Phi) is 5.47. The van der Waals surface area contributed by atoms with E-state index in [1.165, 1.54) is 0 Å². The van der Waals surface area contributed by atoms with Gasteiger partial charge in [0, 0.05) is 55.3 Å². The number of likely N-dealkylation sites (N-methyl/N-ethyl adjacent to an activating group) is 1. The first-order valence-electron chi connectivity index (χ1n) is 9.98. The zero-order valence-electron chi connectivity index (χ0n) is 17.2. The predicted octanol–water partition coefficient (Wildman–Crippen LogP) is 2.30. The molecule has 2 aliphatic rings. The lowest BCUT2D eigenvalue weighted by atomic mass is 9.83. The van der Waals surface area contributed by atoms with Crippen LogP contribution in [0, 0.1) is 0 Å². The minimum Gasteiger partial charge on any atom is -0.356 e. The van der Waals surface area contributed by atoms with Crippen LogP contribution in [0.3, 0.4) is 0 Å². The molecule has 1 aromatic carbocycles. The molecule has 7 nitrogen and oxygen atoms in total. The molecule has 2 atom stereocenters. The van der Waals surface area contributed by atoms with E-state index in [0.29, 0.717) is 18.1 Å². The van der Waals surface area contributed by atoms with Crippen molar-refractivity contribution in [1.82, 2.24) is 20.0 Å².